The molecular formula is C21H32O. The first-order valence-electron chi connectivity index (χ1n) is 9.76. The zero-order valence-electron chi connectivity index (χ0n) is 14.7. The molecule has 0 amide bonds. The Bertz CT molecular complexity index is 518. The van der Waals surface area contributed by atoms with Gasteiger partial charge in [0.2, 0.25) is 0 Å². The van der Waals surface area contributed by atoms with Crippen LogP contribution >= 0.6 is 0 Å². The van der Waals surface area contributed by atoms with E-state index in [0.29, 0.717) is 17.1 Å². The Hall–Kier alpha value is -0.590. The molecule has 0 aromatic rings. The molecule has 1 heteroatoms. The normalized spacial score (nSPS) is 50.9. The lowest BCUT2D eigenvalue weighted by molar-refractivity contribution is -0.132. The quantitative estimate of drug-likeness (QED) is 0.581. The van der Waals surface area contributed by atoms with E-state index in [4.69, 9.17) is 0 Å². The maximum atomic E-state index is 12.5. The van der Waals surface area contributed by atoms with Crippen molar-refractivity contribution < 1.29 is 4.79 Å². The molecule has 4 aliphatic carbocycles. The molecule has 0 aliphatic heterocycles. The second kappa shape index (κ2) is 4.95. The Morgan fingerprint density at radius 3 is 2.68 bits per heavy atom. The van der Waals surface area contributed by atoms with Gasteiger partial charge in [-0.15, -0.1) is 0 Å². The molecule has 0 radical (unpaired) electrons. The summed E-state index contributed by atoms with van der Waals surface area (Å²) in [5.74, 6) is 3.76. The highest BCUT2D eigenvalue weighted by atomic mass is 16.1. The van der Waals surface area contributed by atoms with Crippen molar-refractivity contribution in [1.29, 1.82) is 0 Å². The number of rotatable bonds is 1. The number of allylic oxidation sites excluding steroid dienone is 2. The smallest absolute Gasteiger partial charge is 0.139 e. The fourth-order valence-electron chi connectivity index (χ4n) is 7.13. The van der Waals surface area contributed by atoms with Crippen LogP contribution in [0.2, 0.25) is 0 Å². The first-order chi connectivity index (χ1) is 10.5. The standard InChI is InChI=1S/C21H32O/c1-4-21-12-9-14(2)13-15(21)5-6-16-17-7-8-19(22)20(17,3)11-10-18(16)21/h13-14,16-18H,4-12H2,1-3H3/t14?,16-,17-,18-,20-,21-/m0/s1. The molecule has 3 saturated carbocycles. The van der Waals surface area contributed by atoms with Gasteiger partial charge in [0.05, 0.1) is 0 Å². The van der Waals surface area contributed by atoms with Crippen LogP contribution in [0.1, 0.15) is 78.6 Å². The van der Waals surface area contributed by atoms with Crippen LogP contribution < -0.4 is 0 Å². The average molecular weight is 300 g/mol. The number of fused-ring (bicyclic) bond motifs is 5. The van der Waals surface area contributed by atoms with Gasteiger partial charge in [-0.3, -0.25) is 4.79 Å². The minimum atomic E-state index is 0.0409. The molecule has 0 N–H and O–H groups in total. The maximum Gasteiger partial charge on any atom is 0.139 e. The first-order valence-corrected chi connectivity index (χ1v) is 9.76. The summed E-state index contributed by atoms with van der Waals surface area (Å²) < 4.78 is 0. The van der Waals surface area contributed by atoms with Crippen molar-refractivity contribution >= 4 is 5.78 Å². The number of hydrogen-bond donors (Lipinski definition) is 0. The lowest BCUT2D eigenvalue weighted by Crippen LogP contribution is -2.51. The van der Waals surface area contributed by atoms with Crippen LogP contribution in [0.4, 0.5) is 0 Å². The van der Waals surface area contributed by atoms with E-state index in [-0.39, 0.29) is 5.41 Å². The van der Waals surface area contributed by atoms with Crippen molar-refractivity contribution in [3.8, 4) is 0 Å². The SMILES string of the molecule is CC[C@]12CCC(C)C=C1CC[C@@H]1[C@@H]2CC[C@]2(C)C(=O)CC[C@@H]12. The molecule has 22 heavy (non-hydrogen) atoms. The summed E-state index contributed by atoms with van der Waals surface area (Å²) in [5, 5.41) is 0. The van der Waals surface area contributed by atoms with E-state index < -0.39 is 0 Å². The Balaban J connectivity index is 1.71. The molecule has 0 bridgehead atoms. The molecule has 0 saturated heterocycles. The third-order valence-corrected chi connectivity index (χ3v) is 8.40. The van der Waals surface area contributed by atoms with Gasteiger partial charge in [-0.2, -0.15) is 0 Å². The van der Waals surface area contributed by atoms with Gasteiger partial charge in [0.15, 0.2) is 0 Å². The summed E-state index contributed by atoms with van der Waals surface area (Å²) in [6.07, 6.45) is 14.0. The van der Waals surface area contributed by atoms with Crippen molar-refractivity contribution in [3.63, 3.8) is 0 Å². The molecular weight excluding hydrogens is 268 g/mol. The van der Waals surface area contributed by atoms with Crippen molar-refractivity contribution in [3.05, 3.63) is 11.6 Å². The highest BCUT2D eigenvalue weighted by molar-refractivity contribution is 5.87. The second-order valence-electron chi connectivity index (χ2n) is 9.05. The molecule has 6 atom stereocenters. The lowest BCUT2D eigenvalue weighted by Gasteiger charge is -2.58. The summed E-state index contributed by atoms with van der Waals surface area (Å²) in [5.41, 5.74) is 2.35. The van der Waals surface area contributed by atoms with Crippen molar-refractivity contribution in [2.75, 3.05) is 0 Å². The molecule has 122 valence electrons. The van der Waals surface area contributed by atoms with E-state index in [1.807, 2.05) is 5.57 Å². The summed E-state index contributed by atoms with van der Waals surface area (Å²) in [6.45, 7) is 7.13. The van der Waals surface area contributed by atoms with Crippen LogP contribution in [0.15, 0.2) is 11.6 Å². The molecule has 3 fully saturated rings. The Kier molecular flexibility index (Phi) is 3.37. The third kappa shape index (κ3) is 1.80. The number of Topliss-reactive ketones (excluding diaryl/α,β-unsaturated/α-hetero) is 1. The summed E-state index contributed by atoms with van der Waals surface area (Å²) in [7, 11) is 0. The van der Waals surface area contributed by atoms with E-state index in [0.717, 1.165) is 24.2 Å². The van der Waals surface area contributed by atoms with E-state index in [2.05, 4.69) is 26.8 Å². The molecule has 0 aromatic heterocycles. The predicted molar refractivity (Wildman–Crippen MR) is 90.5 cm³/mol. The molecule has 0 heterocycles. The van der Waals surface area contributed by atoms with E-state index in [9.17, 15) is 4.79 Å². The fourth-order valence-corrected chi connectivity index (χ4v) is 7.13. The molecule has 0 aromatic carbocycles. The molecule has 4 aliphatic rings. The number of ketones is 1. The highest BCUT2D eigenvalue weighted by Crippen LogP contribution is 2.65. The monoisotopic (exact) mass is 300 g/mol. The van der Waals surface area contributed by atoms with Gasteiger partial charge in [-0.05, 0) is 80.5 Å². The summed E-state index contributed by atoms with van der Waals surface area (Å²) >= 11 is 0. The van der Waals surface area contributed by atoms with Crippen LogP contribution in [0, 0.1) is 34.5 Å². The van der Waals surface area contributed by atoms with Crippen LogP contribution in [-0.2, 0) is 4.79 Å². The van der Waals surface area contributed by atoms with Gasteiger partial charge in [0.1, 0.15) is 5.78 Å². The number of hydrogen-bond acceptors (Lipinski definition) is 1. The second-order valence-corrected chi connectivity index (χ2v) is 9.05. The summed E-state index contributed by atoms with van der Waals surface area (Å²) in [4.78, 5) is 12.5. The van der Waals surface area contributed by atoms with Crippen molar-refractivity contribution in [2.24, 2.45) is 34.5 Å². The van der Waals surface area contributed by atoms with Gasteiger partial charge in [-0.1, -0.05) is 32.4 Å². The Morgan fingerprint density at radius 1 is 1.09 bits per heavy atom. The topological polar surface area (TPSA) is 17.1 Å². The third-order valence-electron chi connectivity index (χ3n) is 8.40. The summed E-state index contributed by atoms with van der Waals surface area (Å²) in [6, 6.07) is 0. The van der Waals surface area contributed by atoms with Crippen LogP contribution in [0.25, 0.3) is 0 Å². The van der Waals surface area contributed by atoms with Gasteiger partial charge in [-0.25, -0.2) is 0 Å². The average Bonchev–Trinajstić information content (AvgIpc) is 2.82. The lowest BCUT2D eigenvalue weighted by atomic mass is 9.46. The van der Waals surface area contributed by atoms with E-state index in [1.165, 1.54) is 51.4 Å². The first kappa shape index (κ1) is 15.0. The van der Waals surface area contributed by atoms with Gasteiger partial charge >= 0.3 is 0 Å². The number of carbonyl (C=O) groups excluding carboxylic acids is 1. The molecule has 4 rings (SSSR count). The van der Waals surface area contributed by atoms with Crippen LogP contribution in [-0.4, -0.2) is 5.78 Å². The van der Waals surface area contributed by atoms with Crippen molar-refractivity contribution in [2.45, 2.75) is 78.6 Å². The largest absolute Gasteiger partial charge is 0.299 e. The van der Waals surface area contributed by atoms with Crippen molar-refractivity contribution in [1.82, 2.24) is 0 Å². The van der Waals surface area contributed by atoms with E-state index >= 15 is 0 Å². The minimum Gasteiger partial charge on any atom is -0.299 e. The molecule has 1 nitrogen and oxygen atoms in total. The van der Waals surface area contributed by atoms with Crippen LogP contribution in [0.3, 0.4) is 0 Å². The number of carbonyl (C=O) groups is 1. The molecule has 0 spiro atoms. The minimum absolute atomic E-state index is 0.0409. The predicted octanol–water partition coefficient (Wildman–Crippen LogP) is 5.54. The Morgan fingerprint density at radius 2 is 1.91 bits per heavy atom. The van der Waals surface area contributed by atoms with Gasteiger partial charge < -0.3 is 0 Å². The van der Waals surface area contributed by atoms with Gasteiger partial charge in [0.25, 0.3) is 0 Å². The molecule has 1 unspecified atom stereocenters. The Labute approximate surface area is 135 Å². The zero-order chi connectivity index (χ0) is 15.5. The fraction of sp³-hybridized carbons (Fsp3) is 0.857. The van der Waals surface area contributed by atoms with Crippen LogP contribution in [0.5, 0.6) is 0 Å². The van der Waals surface area contributed by atoms with Gasteiger partial charge in [0, 0.05) is 11.8 Å². The maximum absolute atomic E-state index is 12.5. The zero-order valence-corrected chi connectivity index (χ0v) is 14.7. The highest BCUT2D eigenvalue weighted by Gasteiger charge is 2.59. The van der Waals surface area contributed by atoms with E-state index in [1.54, 1.807) is 0 Å².